The van der Waals surface area contributed by atoms with Gasteiger partial charge in [0.15, 0.2) is 0 Å². The Morgan fingerprint density at radius 2 is 2.00 bits per heavy atom. The second-order valence-electron chi connectivity index (χ2n) is 3.62. The van der Waals surface area contributed by atoms with Crippen molar-refractivity contribution in [2.45, 2.75) is 12.5 Å². The van der Waals surface area contributed by atoms with Crippen LogP contribution in [0.2, 0.25) is 10.0 Å². The smallest absolute Gasteiger partial charge is 0.0838 e. The van der Waals surface area contributed by atoms with Crippen LogP contribution in [0, 0.1) is 0 Å². The van der Waals surface area contributed by atoms with Gasteiger partial charge in [0.05, 0.1) is 16.1 Å². The molecule has 0 saturated carbocycles. The van der Waals surface area contributed by atoms with Crippen molar-refractivity contribution in [3.8, 4) is 0 Å². The SMILES string of the molecule is OC(Cc1cc(Br)cs1)c1ccc(Cl)c(Cl)c1. The maximum Gasteiger partial charge on any atom is 0.0838 e. The summed E-state index contributed by atoms with van der Waals surface area (Å²) >= 11 is 16.8. The Labute approximate surface area is 122 Å². The lowest BCUT2D eigenvalue weighted by molar-refractivity contribution is 0.179. The van der Waals surface area contributed by atoms with Crippen molar-refractivity contribution in [1.29, 1.82) is 0 Å². The van der Waals surface area contributed by atoms with Gasteiger partial charge in [-0.15, -0.1) is 11.3 Å². The van der Waals surface area contributed by atoms with Crippen molar-refractivity contribution in [3.05, 3.63) is 54.6 Å². The van der Waals surface area contributed by atoms with Gasteiger partial charge in [-0.05, 0) is 39.7 Å². The van der Waals surface area contributed by atoms with Crippen molar-refractivity contribution in [2.75, 3.05) is 0 Å². The van der Waals surface area contributed by atoms with E-state index in [1.165, 1.54) is 0 Å². The first-order valence-corrected chi connectivity index (χ1v) is 7.35. The normalized spacial score (nSPS) is 12.7. The maximum atomic E-state index is 10.1. The van der Waals surface area contributed by atoms with Crippen LogP contribution < -0.4 is 0 Å². The maximum absolute atomic E-state index is 10.1. The van der Waals surface area contributed by atoms with E-state index in [4.69, 9.17) is 23.2 Å². The van der Waals surface area contributed by atoms with Crippen molar-refractivity contribution in [2.24, 2.45) is 0 Å². The van der Waals surface area contributed by atoms with Crippen LogP contribution in [0.25, 0.3) is 0 Å². The molecule has 1 unspecified atom stereocenters. The lowest BCUT2D eigenvalue weighted by atomic mass is 10.1. The highest BCUT2D eigenvalue weighted by molar-refractivity contribution is 9.10. The minimum absolute atomic E-state index is 0.468. The molecule has 0 amide bonds. The number of thiophene rings is 1. The first-order chi connectivity index (χ1) is 8.06. The van der Waals surface area contributed by atoms with Gasteiger partial charge in [-0.2, -0.15) is 0 Å². The predicted octanol–water partition coefficient (Wildman–Crippen LogP) is 5.09. The average molecular weight is 352 g/mol. The van der Waals surface area contributed by atoms with Crippen LogP contribution in [0.4, 0.5) is 0 Å². The van der Waals surface area contributed by atoms with E-state index in [1.54, 1.807) is 29.5 Å². The Kier molecular flexibility index (Phi) is 4.50. The third-order valence-corrected chi connectivity index (χ3v) is 4.80. The van der Waals surface area contributed by atoms with Crippen molar-refractivity contribution in [1.82, 2.24) is 0 Å². The molecular formula is C12H9BrCl2OS. The van der Waals surface area contributed by atoms with Gasteiger partial charge in [0.2, 0.25) is 0 Å². The molecule has 17 heavy (non-hydrogen) atoms. The molecular weight excluding hydrogens is 343 g/mol. The standard InChI is InChI=1S/C12H9BrCl2OS/c13-8-4-9(17-6-8)5-12(16)7-1-2-10(14)11(15)3-7/h1-4,6,12,16H,5H2. The molecule has 0 spiro atoms. The van der Waals surface area contributed by atoms with Crippen LogP contribution >= 0.6 is 50.5 Å². The molecule has 0 aliphatic carbocycles. The molecule has 0 fully saturated rings. The van der Waals surface area contributed by atoms with E-state index < -0.39 is 6.10 Å². The topological polar surface area (TPSA) is 20.2 Å². The highest BCUT2D eigenvalue weighted by Crippen LogP contribution is 2.29. The van der Waals surface area contributed by atoms with Gasteiger partial charge >= 0.3 is 0 Å². The minimum atomic E-state index is -0.560. The van der Waals surface area contributed by atoms with Crippen LogP contribution in [0.3, 0.4) is 0 Å². The lowest BCUT2D eigenvalue weighted by Crippen LogP contribution is -2.00. The van der Waals surface area contributed by atoms with Gasteiger partial charge in [0.1, 0.15) is 0 Å². The molecule has 2 aromatic rings. The Morgan fingerprint density at radius 1 is 1.24 bits per heavy atom. The number of rotatable bonds is 3. The molecule has 1 aromatic carbocycles. The Balaban J connectivity index is 2.14. The second-order valence-corrected chi connectivity index (χ2v) is 6.35. The zero-order chi connectivity index (χ0) is 12.4. The molecule has 1 nitrogen and oxygen atoms in total. The van der Waals surface area contributed by atoms with E-state index in [0.29, 0.717) is 16.5 Å². The zero-order valence-corrected chi connectivity index (χ0v) is 12.6. The summed E-state index contributed by atoms with van der Waals surface area (Å²) in [5.41, 5.74) is 0.781. The van der Waals surface area contributed by atoms with Crippen molar-refractivity contribution < 1.29 is 5.11 Å². The van der Waals surface area contributed by atoms with Gasteiger partial charge in [-0.3, -0.25) is 0 Å². The summed E-state index contributed by atoms with van der Waals surface area (Å²) in [4.78, 5) is 1.12. The number of hydrogen-bond acceptors (Lipinski definition) is 2. The highest BCUT2D eigenvalue weighted by Gasteiger charge is 2.11. The molecule has 0 aliphatic rings. The molecule has 0 bridgehead atoms. The molecule has 1 aromatic heterocycles. The van der Waals surface area contributed by atoms with Gasteiger partial charge in [0, 0.05) is 21.2 Å². The summed E-state index contributed by atoms with van der Waals surface area (Å²) in [7, 11) is 0. The first-order valence-electron chi connectivity index (χ1n) is 4.92. The monoisotopic (exact) mass is 350 g/mol. The fourth-order valence-corrected chi connectivity index (χ4v) is 3.28. The summed E-state index contributed by atoms with van der Waals surface area (Å²) in [5.74, 6) is 0. The van der Waals surface area contributed by atoms with E-state index in [-0.39, 0.29) is 0 Å². The quantitative estimate of drug-likeness (QED) is 0.816. The Morgan fingerprint density at radius 3 is 2.59 bits per heavy atom. The summed E-state index contributed by atoms with van der Waals surface area (Å²) in [6.45, 7) is 0. The van der Waals surface area contributed by atoms with Crippen molar-refractivity contribution >= 4 is 50.5 Å². The molecule has 1 heterocycles. The van der Waals surface area contributed by atoms with E-state index >= 15 is 0 Å². The van der Waals surface area contributed by atoms with Gasteiger partial charge < -0.3 is 5.11 Å². The fourth-order valence-electron chi connectivity index (χ4n) is 1.49. The Hall–Kier alpha value is -0.0600. The number of benzene rings is 1. The van der Waals surface area contributed by atoms with Crippen LogP contribution in [0.1, 0.15) is 16.5 Å². The molecule has 0 saturated heterocycles. The number of hydrogen-bond donors (Lipinski definition) is 1. The highest BCUT2D eigenvalue weighted by atomic mass is 79.9. The van der Waals surface area contributed by atoms with Crippen LogP contribution in [0.15, 0.2) is 34.1 Å². The van der Waals surface area contributed by atoms with Crippen molar-refractivity contribution in [3.63, 3.8) is 0 Å². The molecule has 90 valence electrons. The number of halogens is 3. The number of aliphatic hydroxyl groups excluding tert-OH is 1. The van der Waals surface area contributed by atoms with Crippen LogP contribution in [0.5, 0.6) is 0 Å². The second kappa shape index (κ2) is 5.72. The van der Waals surface area contributed by atoms with E-state index in [9.17, 15) is 5.11 Å². The van der Waals surface area contributed by atoms with E-state index in [0.717, 1.165) is 14.9 Å². The third-order valence-electron chi connectivity index (χ3n) is 2.34. The van der Waals surface area contributed by atoms with Crippen LogP contribution in [-0.2, 0) is 6.42 Å². The fraction of sp³-hybridized carbons (Fsp3) is 0.167. The van der Waals surface area contributed by atoms with Gasteiger partial charge in [-0.1, -0.05) is 29.3 Å². The Bertz CT molecular complexity index is 527. The van der Waals surface area contributed by atoms with E-state index in [2.05, 4.69) is 15.9 Å². The molecule has 0 aliphatic heterocycles. The van der Waals surface area contributed by atoms with Gasteiger partial charge in [-0.25, -0.2) is 0 Å². The lowest BCUT2D eigenvalue weighted by Gasteiger charge is -2.10. The van der Waals surface area contributed by atoms with E-state index in [1.807, 2.05) is 11.4 Å². The summed E-state index contributed by atoms with van der Waals surface area (Å²) < 4.78 is 1.04. The first kappa shape index (κ1) is 13.4. The third kappa shape index (κ3) is 3.46. The molecule has 0 radical (unpaired) electrons. The number of aliphatic hydroxyl groups is 1. The molecule has 2 rings (SSSR count). The minimum Gasteiger partial charge on any atom is -0.388 e. The van der Waals surface area contributed by atoms with Gasteiger partial charge in [0.25, 0.3) is 0 Å². The molecule has 5 heteroatoms. The zero-order valence-electron chi connectivity index (χ0n) is 8.66. The summed E-state index contributed by atoms with van der Waals surface area (Å²) in [6, 6.07) is 7.21. The molecule has 1 N–H and O–H groups in total. The van der Waals surface area contributed by atoms with Crippen LogP contribution in [-0.4, -0.2) is 5.11 Å². The summed E-state index contributed by atoms with van der Waals surface area (Å²) in [6.07, 6.45) is 0.0177. The average Bonchev–Trinajstić information content (AvgIpc) is 2.68. The molecule has 1 atom stereocenters. The summed E-state index contributed by atoms with van der Waals surface area (Å²) in [5, 5.41) is 13.1. The predicted molar refractivity (Wildman–Crippen MR) is 77.1 cm³/mol. The largest absolute Gasteiger partial charge is 0.388 e.